The van der Waals surface area contributed by atoms with Crippen molar-refractivity contribution in [3.63, 3.8) is 0 Å². The molecule has 0 bridgehead atoms. The summed E-state index contributed by atoms with van der Waals surface area (Å²) < 4.78 is 17.0. The third-order valence-electron chi connectivity index (χ3n) is 9.00. The van der Waals surface area contributed by atoms with Crippen LogP contribution in [-0.2, 0) is 28.6 Å². The van der Waals surface area contributed by atoms with Crippen molar-refractivity contribution in [2.24, 2.45) is 0 Å². The summed E-state index contributed by atoms with van der Waals surface area (Å²) in [5, 5.41) is 11.6. The van der Waals surface area contributed by atoms with E-state index in [0.717, 1.165) is 77.0 Å². The lowest BCUT2D eigenvalue weighted by atomic mass is 10.1. The second-order valence-corrected chi connectivity index (χ2v) is 15.3. The Morgan fingerprint density at radius 3 is 1.62 bits per heavy atom. The highest BCUT2D eigenvalue weighted by Gasteiger charge is 2.25. The number of rotatable bonds is 37. The van der Waals surface area contributed by atoms with Gasteiger partial charge in [-0.15, -0.1) is 0 Å². The summed E-state index contributed by atoms with van der Waals surface area (Å²) in [6.45, 7) is 4.37. The summed E-state index contributed by atoms with van der Waals surface area (Å²) in [7, 11) is 5.36. The number of carbonyl (C=O) groups is 3. The van der Waals surface area contributed by atoms with E-state index in [2.05, 4.69) is 98.9 Å². The van der Waals surface area contributed by atoms with E-state index in [-0.39, 0.29) is 43.1 Å². The van der Waals surface area contributed by atoms with Crippen molar-refractivity contribution in [2.45, 2.75) is 148 Å². The number of unbranched alkanes of at least 4 members (excludes halogenated alkanes) is 8. The maximum Gasteiger partial charge on any atom is 0.306 e. The summed E-state index contributed by atoms with van der Waals surface area (Å²) in [4.78, 5) is 36.8. The molecule has 2 atom stereocenters. The van der Waals surface area contributed by atoms with Crippen LogP contribution in [0.15, 0.2) is 109 Å². The predicted molar refractivity (Wildman–Crippen MR) is 240 cm³/mol. The van der Waals surface area contributed by atoms with E-state index in [4.69, 9.17) is 14.2 Å². The van der Waals surface area contributed by atoms with Gasteiger partial charge in [-0.2, -0.15) is 0 Å². The van der Waals surface area contributed by atoms with Gasteiger partial charge < -0.3 is 28.6 Å². The van der Waals surface area contributed by atoms with Crippen LogP contribution in [0.3, 0.4) is 0 Å². The number of ether oxygens (including phenoxy) is 3. The predicted octanol–water partition coefficient (Wildman–Crippen LogP) is 10.7. The fraction of sp³-hybridized carbons (Fsp3) is 0.580. The van der Waals surface area contributed by atoms with Crippen molar-refractivity contribution in [3.05, 3.63) is 109 Å². The molecule has 0 rings (SSSR count). The average Bonchev–Trinajstić information content (AvgIpc) is 3.18. The number of quaternary nitrogens is 1. The van der Waals surface area contributed by atoms with Crippen LogP contribution in [0.1, 0.15) is 136 Å². The molecule has 0 fully saturated rings. The summed E-state index contributed by atoms with van der Waals surface area (Å²) in [6, 6.07) is -0.749. The fourth-order valence-electron chi connectivity index (χ4n) is 5.60. The largest absolute Gasteiger partial charge is 0.544 e. The molecule has 58 heavy (non-hydrogen) atoms. The monoisotopic (exact) mass is 806 g/mol. The number of hydrogen-bond acceptors (Lipinski definition) is 7. The van der Waals surface area contributed by atoms with Crippen molar-refractivity contribution in [1.82, 2.24) is 0 Å². The molecule has 0 aliphatic rings. The Balaban J connectivity index is 4.54. The van der Waals surface area contributed by atoms with Crippen molar-refractivity contribution < 1.29 is 38.2 Å². The van der Waals surface area contributed by atoms with E-state index >= 15 is 0 Å². The van der Waals surface area contributed by atoms with Gasteiger partial charge in [0.15, 0.2) is 6.10 Å². The number of hydrogen-bond donors (Lipinski definition) is 0. The Hall–Kier alpha value is -4.01. The Morgan fingerprint density at radius 2 is 1.07 bits per heavy atom. The van der Waals surface area contributed by atoms with Crippen LogP contribution in [0, 0.1) is 0 Å². The Kier molecular flexibility index (Phi) is 37.0. The molecule has 0 aliphatic heterocycles. The number of nitrogens with zero attached hydrogens (tertiary/aromatic N) is 1. The van der Waals surface area contributed by atoms with Crippen LogP contribution >= 0.6 is 0 Å². The molecule has 0 saturated heterocycles. The molecule has 0 spiro atoms. The number of carboxylic acids is 1. The van der Waals surface area contributed by atoms with Crippen LogP contribution < -0.4 is 5.11 Å². The molecule has 0 aromatic carbocycles. The van der Waals surface area contributed by atoms with Crippen molar-refractivity contribution in [3.8, 4) is 0 Å². The highest BCUT2D eigenvalue weighted by molar-refractivity contribution is 5.70. The smallest absolute Gasteiger partial charge is 0.306 e. The molecule has 0 radical (unpaired) electrons. The van der Waals surface area contributed by atoms with E-state index in [0.29, 0.717) is 12.8 Å². The number of esters is 2. The van der Waals surface area contributed by atoms with Gasteiger partial charge in [0.05, 0.1) is 40.3 Å². The zero-order valence-electron chi connectivity index (χ0n) is 36.9. The molecular formula is C50H79NO7. The highest BCUT2D eigenvalue weighted by atomic mass is 16.6. The van der Waals surface area contributed by atoms with E-state index in [1.165, 1.54) is 19.3 Å². The van der Waals surface area contributed by atoms with Gasteiger partial charge in [0.1, 0.15) is 12.6 Å². The second-order valence-electron chi connectivity index (χ2n) is 15.3. The molecule has 326 valence electrons. The zero-order chi connectivity index (χ0) is 42.8. The van der Waals surface area contributed by atoms with Crippen molar-refractivity contribution in [2.75, 3.05) is 41.0 Å². The second kappa shape index (κ2) is 39.8. The third kappa shape index (κ3) is 37.6. The molecule has 0 amide bonds. The third-order valence-corrected chi connectivity index (χ3v) is 9.00. The van der Waals surface area contributed by atoms with E-state index in [1.54, 1.807) is 21.1 Å². The van der Waals surface area contributed by atoms with Gasteiger partial charge in [0, 0.05) is 19.3 Å². The van der Waals surface area contributed by atoms with Gasteiger partial charge in [0.25, 0.3) is 0 Å². The summed E-state index contributed by atoms with van der Waals surface area (Å²) >= 11 is 0. The van der Waals surface area contributed by atoms with Gasteiger partial charge in [0.2, 0.25) is 0 Å². The lowest BCUT2D eigenvalue weighted by molar-refractivity contribution is -0.889. The van der Waals surface area contributed by atoms with Crippen LogP contribution in [0.25, 0.3) is 0 Å². The summed E-state index contributed by atoms with van der Waals surface area (Å²) in [5.41, 5.74) is 0. The first-order chi connectivity index (χ1) is 28.1. The highest BCUT2D eigenvalue weighted by Crippen LogP contribution is 2.11. The molecule has 0 aromatic rings. The zero-order valence-corrected chi connectivity index (χ0v) is 36.9. The Morgan fingerprint density at radius 1 is 0.552 bits per heavy atom. The molecule has 8 nitrogen and oxygen atoms in total. The minimum absolute atomic E-state index is 0.00488. The fourth-order valence-corrected chi connectivity index (χ4v) is 5.60. The first-order valence-corrected chi connectivity index (χ1v) is 22.0. The number of likely N-dealkylation sites (N-methyl/N-ethyl adjacent to an activating group) is 1. The van der Waals surface area contributed by atoms with Gasteiger partial charge in [-0.05, 0) is 70.6 Å². The van der Waals surface area contributed by atoms with Crippen molar-refractivity contribution in [1.29, 1.82) is 0 Å². The first-order valence-electron chi connectivity index (χ1n) is 22.0. The summed E-state index contributed by atoms with van der Waals surface area (Å²) in [6.07, 6.45) is 54.1. The average molecular weight is 806 g/mol. The summed E-state index contributed by atoms with van der Waals surface area (Å²) in [5.74, 6) is -1.89. The van der Waals surface area contributed by atoms with E-state index < -0.39 is 24.1 Å². The molecule has 0 aromatic heterocycles. The maximum atomic E-state index is 12.7. The first kappa shape index (κ1) is 54.0. The van der Waals surface area contributed by atoms with Crippen LogP contribution in [0.4, 0.5) is 0 Å². The van der Waals surface area contributed by atoms with E-state index in [9.17, 15) is 19.5 Å². The molecule has 8 heteroatoms. The number of carboxylic acid groups (broad SMARTS) is 1. The van der Waals surface area contributed by atoms with Crippen LogP contribution in [0.2, 0.25) is 0 Å². The van der Waals surface area contributed by atoms with E-state index in [1.807, 2.05) is 24.3 Å². The minimum Gasteiger partial charge on any atom is -0.544 e. The van der Waals surface area contributed by atoms with Gasteiger partial charge in [-0.1, -0.05) is 155 Å². The van der Waals surface area contributed by atoms with Crippen LogP contribution in [-0.4, -0.2) is 75.5 Å². The normalized spacial score (nSPS) is 14.0. The lowest BCUT2D eigenvalue weighted by Crippen LogP contribution is -2.55. The van der Waals surface area contributed by atoms with Crippen molar-refractivity contribution >= 4 is 17.9 Å². The van der Waals surface area contributed by atoms with Gasteiger partial charge >= 0.3 is 11.9 Å². The molecule has 0 heterocycles. The molecule has 0 aliphatic carbocycles. The van der Waals surface area contributed by atoms with Gasteiger partial charge in [-0.25, -0.2) is 0 Å². The SMILES string of the molecule is CC/C=C/C/C=C/C/C=C/C/C=C/C/C=C/CCC(=O)OC(COCCC(C(=O)[O-])[N+](C)(C)C)COC(=O)CCCCCCC/C=C/C=C/C=C/C=C/CCCCC. The lowest BCUT2D eigenvalue weighted by Gasteiger charge is -2.34. The number of aliphatic carboxylic acids is 1. The Labute approximate surface area is 353 Å². The standard InChI is InChI=1S/C50H79NO7/c1-6-8-10-12-14-16-18-20-22-24-25-27-28-30-32-34-36-38-40-48(52)57-45-46(44-56-43-42-47(50(54)55)51(3,4)5)58-49(53)41-39-37-35-33-31-29-26-23-21-19-17-15-13-11-9-7-2/h9,11,14-18,20-25,27,29,31,35,37,46-47H,6-8,10,12-13,19,26,28,30,32-34,36,38-45H2,1-5H3/b11-9+,16-14+,17-15+,20-18+,23-21+,24-22+,27-25+,31-29+,37-35+. The molecule has 0 saturated carbocycles. The van der Waals surface area contributed by atoms with Crippen LogP contribution in [0.5, 0.6) is 0 Å². The Bertz CT molecular complexity index is 1310. The minimum atomic E-state index is -1.15. The maximum absolute atomic E-state index is 12.7. The topological polar surface area (TPSA) is 102 Å². The molecule has 0 N–H and O–H groups in total. The van der Waals surface area contributed by atoms with Gasteiger partial charge in [-0.3, -0.25) is 9.59 Å². The quantitative estimate of drug-likeness (QED) is 0.0203. The number of carbonyl (C=O) groups excluding carboxylic acids is 3. The molecule has 2 unspecified atom stereocenters. The molecular weight excluding hydrogens is 727 g/mol. The number of allylic oxidation sites excluding steroid dienone is 18.